The van der Waals surface area contributed by atoms with E-state index in [1.54, 1.807) is 7.11 Å². The average Bonchev–Trinajstić information content (AvgIpc) is 3.21. The molecule has 4 nitrogen and oxygen atoms in total. The van der Waals surface area contributed by atoms with Crippen molar-refractivity contribution in [3.05, 3.63) is 29.6 Å². The Morgan fingerprint density at radius 2 is 2.11 bits per heavy atom. The summed E-state index contributed by atoms with van der Waals surface area (Å²) < 4.78 is 10.5. The molecule has 1 fully saturated rings. The fraction of sp³-hybridized carbons (Fsp3) is 0.643. The molecule has 1 aromatic rings. The van der Waals surface area contributed by atoms with Crippen molar-refractivity contribution in [1.82, 2.24) is 10.3 Å². The van der Waals surface area contributed by atoms with Crippen molar-refractivity contribution in [1.29, 1.82) is 0 Å². The molecule has 0 saturated heterocycles. The van der Waals surface area contributed by atoms with E-state index in [0.29, 0.717) is 6.61 Å². The van der Waals surface area contributed by atoms with Crippen LogP contribution in [0, 0.1) is 0 Å². The summed E-state index contributed by atoms with van der Waals surface area (Å²) in [6, 6.07) is 6.84. The minimum Gasteiger partial charge on any atom is -0.385 e. The molecule has 1 N–H and O–H groups in total. The first-order chi connectivity index (χ1) is 8.88. The van der Waals surface area contributed by atoms with Crippen molar-refractivity contribution in [3.63, 3.8) is 0 Å². The van der Waals surface area contributed by atoms with Gasteiger partial charge in [-0.2, -0.15) is 0 Å². The molecule has 0 aromatic carbocycles. The zero-order valence-corrected chi connectivity index (χ0v) is 11.0. The predicted molar refractivity (Wildman–Crippen MR) is 70.2 cm³/mol. The van der Waals surface area contributed by atoms with Gasteiger partial charge in [-0.25, -0.2) is 0 Å². The second-order valence-electron chi connectivity index (χ2n) is 4.67. The second-order valence-corrected chi connectivity index (χ2v) is 4.67. The molecule has 1 aliphatic rings. The lowest BCUT2D eigenvalue weighted by molar-refractivity contribution is 0.0909. The number of methoxy groups -OCH3 is 1. The third kappa shape index (κ3) is 5.12. The lowest BCUT2D eigenvalue weighted by Crippen LogP contribution is -2.16. The van der Waals surface area contributed by atoms with Crippen LogP contribution in [-0.2, 0) is 22.6 Å². The average molecular weight is 250 g/mol. The minimum atomic E-state index is 0.584. The smallest absolute Gasteiger partial charge is 0.0887 e. The summed E-state index contributed by atoms with van der Waals surface area (Å²) in [6.07, 6.45) is 3.55. The maximum atomic E-state index is 5.55. The van der Waals surface area contributed by atoms with Crippen LogP contribution in [-0.4, -0.2) is 31.3 Å². The second kappa shape index (κ2) is 7.46. The molecule has 0 bridgehead atoms. The van der Waals surface area contributed by atoms with E-state index in [0.717, 1.165) is 43.6 Å². The third-order valence-electron chi connectivity index (χ3n) is 2.90. The summed E-state index contributed by atoms with van der Waals surface area (Å²) in [4.78, 5) is 4.57. The minimum absolute atomic E-state index is 0.584. The number of hydrogen-bond donors (Lipinski definition) is 1. The fourth-order valence-electron chi connectivity index (χ4n) is 1.73. The van der Waals surface area contributed by atoms with Crippen LogP contribution in [0.5, 0.6) is 0 Å². The van der Waals surface area contributed by atoms with E-state index in [9.17, 15) is 0 Å². The van der Waals surface area contributed by atoms with Crippen molar-refractivity contribution in [2.24, 2.45) is 0 Å². The van der Waals surface area contributed by atoms with Crippen LogP contribution >= 0.6 is 0 Å². The van der Waals surface area contributed by atoms with Gasteiger partial charge in [-0.05, 0) is 31.4 Å². The lowest BCUT2D eigenvalue weighted by atomic mass is 10.3. The Bertz CT molecular complexity index is 353. The summed E-state index contributed by atoms with van der Waals surface area (Å²) >= 11 is 0. The van der Waals surface area contributed by atoms with E-state index in [4.69, 9.17) is 9.47 Å². The topological polar surface area (TPSA) is 43.4 Å². The van der Waals surface area contributed by atoms with Crippen LogP contribution in [0.25, 0.3) is 0 Å². The first-order valence-corrected chi connectivity index (χ1v) is 6.63. The van der Waals surface area contributed by atoms with Gasteiger partial charge in [0.15, 0.2) is 0 Å². The maximum Gasteiger partial charge on any atom is 0.0887 e. The molecule has 0 amide bonds. The number of nitrogens with zero attached hydrogens (tertiary/aromatic N) is 1. The highest BCUT2D eigenvalue weighted by molar-refractivity contribution is 5.10. The Morgan fingerprint density at radius 3 is 2.89 bits per heavy atom. The fourth-order valence-corrected chi connectivity index (χ4v) is 1.73. The largest absolute Gasteiger partial charge is 0.385 e. The van der Waals surface area contributed by atoms with Gasteiger partial charge in [0.25, 0.3) is 0 Å². The van der Waals surface area contributed by atoms with Crippen LogP contribution in [0.3, 0.4) is 0 Å². The SMILES string of the molecule is COCCCOCc1cccc(CNC2CC2)n1. The molecule has 4 heteroatoms. The molecular formula is C14H22N2O2. The molecule has 2 rings (SSSR count). The molecule has 1 aromatic heterocycles. The van der Waals surface area contributed by atoms with E-state index in [-0.39, 0.29) is 0 Å². The number of aromatic nitrogens is 1. The highest BCUT2D eigenvalue weighted by Crippen LogP contribution is 2.19. The zero-order chi connectivity index (χ0) is 12.6. The van der Waals surface area contributed by atoms with Gasteiger partial charge in [-0.1, -0.05) is 6.07 Å². The van der Waals surface area contributed by atoms with E-state index in [1.165, 1.54) is 12.8 Å². The molecule has 100 valence electrons. The van der Waals surface area contributed by atoms with Gasteiger partial charge in [-0.3, -0.25) is 4.98 Å². The normalized spacial score (nSPS) is 14.9. The lowest BCUT2D eigenvalue weighted by Gasteiger charge is -2.06. The quantitative estimate of drug-likeness (QED) is 0.680. The van der Waals surface area contributed by atoms with Gasteiger partial charge in [-0.15, -0.1) is 0 Å². The molecule has 0 radical (unpaired) electrons. The zero-order valence-electron chi connectivity index (χ0n) is 11.0. The van der Waals surface area contributed by atoms with Crippen LogP contribution in [0.1, 0.15) is 30.7 Å². The highest BCUT2D eigenvalue weighted by Gasteiger charge is 2.20. The number of pyridine rings is 1. The van der Waals surface area contributed by atoms with Crippen LogP contribution in [0.4, 0.5) is 0 Å². The Hall–Kier alpha value is -0.970. The van der Waals surface area contributed by atoms with E-state index in [1.807, 2.05) is 12.1 Å². The molecule has 0 atom stereocenters. The summed E-state index contributed by atoms with van der Waals surface area (Å²) in [5.41, 5.74) is 2.10. The van der Waals surface area contributed by atoms with Gasteiger partial charge >= 0.3 is 0 Å². The van der Waals surface area contributed by atoms with Crippen molar-refractivity contribution in [2.45, 2.75) is 38.5 Å². The maximum absolute atomic E-state index is 5.55. The van der Waals surface area contributed by atoms with Gasteiger partial charge in [0.1, 0.15) is 0 Å². The third-order valence-corrected chi connectivity index (χ3v) is 2.90. The molecule has 18 heavy (non-hydrogen) atoms. The van der Waals surface area contributed by atoms with E-state index >= 15 is 0 Å². The molecule has 0 aliphatic heterocycles. The molecular weight excluding hydrogens is 228 g/mol. The monoisotopic (exact) mass is 250 g/mol. The Labute approximate surface area is 109 Å². The molecule has 1 saturated carbocycles. The summed E-state index contributed by atoms with van der Waals surface area (Å²) in [5, 5.41) is 3.46. The van der Waals surface area contributed by atoms with Crippen LogP contribution in [0.2, 0.25) is 0 Å². The Kier molecular flexibility index (Phi) is 5.58. The highest BCUT2D eigenvalue weighted by atomic mass is 16.5. The Morgan fingerprint density at radius 1 is 1.28 bits per heavy atom. The number of rotatable bonds is 9. The van der Waals surface area contributed by atoms with E-state index in [2.05, 4.69) is 16.4 Å². The van der Waals surface area contributed by atoms with Crippen molar-refractivity contribution >= 4 is 0 Å². The molecule has 1 aliphatic carbocycles. The molecule has 0 unspecified atom stereocenters. The van der Waals surface area contributed by atoms with Gasteiger partial charge in [0.05, 0.1) is 18.0 Å². The van der Waals surface area contributed by atoms with Gasteiger partial charge < -0.3 is 14.8 Å². The van der Waals surface area contributed by atoms with Crippen molar-refractivity contribution < 1.29 is 9.47 Å². The summed E-state index contributed by atoms with van der Waals surface area (Å²) in [6.45, 7) is 2.92. The van der Waals surface area contributed by atoms with Crippen molar-refractivity contribution in [2.75, 3.05) is 20.3 Å². The van der Waals surface area contributed by atoms with Gasteiger partial charge in [0, 0.05) is 32.9 Å². The van der Waals surface area contributed by atoms with Gasteiger partial charge in [0.2, 0.25) is 0 Å². The van der Waals surface area contributed by atoms with E-state index < -0.39 is 0 Å². The predicted octanol–water partition coefficient (Wildman–Crippen LogP) is 1.89. The first-order valence-electron chi connectivity index (χ1n) is 6.63. The van der Waals surface area contributed by atoms with Crippen molar-refractivity contribution in [3.8, 4) is 0 Å². The van der Waals surface area contributed by atoms with Crippen LogP contribution < -0.4 is 5.32 Å². The number of ether oxygens (including phenoxy) is 2. The number of hydrogen-bond acceptors (Lipinski definition) is 4. The Balaban J connectivity index is 1.68. The summed E-state index contributed by atoms with van der Waals surface area (Å²) in [7, 11) is 1.71. The summed E-state index contributed by atoms with van der Waals surface area (Å²) in [5.74, 6) is 0. The first kappa shape index (κ1) is 13.5. The molecule has 0 spiro atoms. The van der Waals surface area contributed by atoms with Crippen LogP contribution in [0.15, 0.2) is 18.2 Å². The number of nitrogens with one attached hydrogen (secondary N) is 1. The standard InChI is InChI=1S/C14H22N2O2/c1-17-8-3-9-18-11-14-5-2-4-13(16-14)10-15-12-6-7-12/h2,4-5,12,15H,3,6-11H2,1H3. The molecule has 1 heterocycles.